The fourth-order valence-electron chi connectivity index (χ4n) is 2.33. The molecule has 130 valence electrons. The summed E-state index contributed by atoms with van der Waals surface area (Å²) in [6.45, 7) is 1.92. The number of aromatic nitrogens is 2. The number of hydrogen-bond donors (Lipinski definition) is 0. The zero-order chi connectivity index (χ0) is 17.1. The van der Waals surface area contributed by atoms with E-state index in [1.807, 2.05) is 49.6 Å². The average molecular weight is 374 g/mol. The molecule has 0 aliphatic rings. The quantitative estimate of drug-likeness (QED) is 0.654. The highest BCUT2D eigenvalue weighted by Crippen LogP contribution is 2.34. The highest BCUT2D eigenvalue weighted by molar-refractivity contribution is 7.98. The number of benzene rings is 1. The molecule has 2 aromatic heterocycles. The van der Waals surface area contributed by atoms with Crippen molar-refractivity contribution in [1.29, 1.82) is 0 Å². The van der Waals surface area contributed by atoms with Crippen LogP contribution in [0.1, 0.15) is 16.1 Å². The summed E-state index contributed by atoms with van der Waals surface area (Å²) in [6.07, 6.45) is 5.54. The van der Waals surface area contributed by atoms with Crippen molar-refractivity contribution in [3.63, 3.8) is 0 Å². The summed E-state index contributed by atoms with van der Waals surface area (Å²) in [5.41, 5.74) is 2.48. The van der Waals surface area contributed by atoms with Gasteiger partial charge in [0.05, 0.1) is 5.69 Å². The van der Waals surface area contributed by atoms with Crippen LogP contribution in [0.4, 0.5) is 5.00 Å². The van der Waals surface area contributed by atoms with E-state index in [0.29, 0.717) is 5.56 Å². The summed E-state index contributed by atoms with van der Waals surface area (Å²) in [7, 11) is 1.79. The first-order valence-electron chi connectivity index (χ1n) is 7.40. The summed E-state index contributed by atoms with van der Waals surface area (Å²) in [5.74, 6) is -0.0351. The van der Waals surface area contributed by atoms with E-state index < -0.39 is 0 Å². The van der Waals surface area contributed by atoms with Crippen LogP contribution in [0.5, 0.6) is 0 Å². The SMILES string of the molecule is CSc1ccc(C(=O)N(C)c2sc(-c3cccnc3)nc2C)cc1.O. The lowest BCUT2D eigenvalue weighted by atomic mass is 10.2. The Morgan fingerprint density at radius 3 is 2.52 bits per heavy atom. The van der Waals surface area contributed by atoms with Crippen molar-refractivity contribution in [3.05, 3.63) is 60.0 Å². The molecule has 0 spiro atoms. The smallest absolute Gasteiger partial charge is 0.258 e. The van der Waals surface area contributed by atoms with Gasteiger partial charge in [-0.1, -0.05) is 11.3 Å². The van der Waals surface area contributed by atoms with Gasteiger partial charge in [-0.2, -0.15) is 0 Å². The van der Waals surface area contributed by atoms with Gasteiger partial charge in [0.25, 0.3) is 5.91 Å². The molecule has 0 unspecified atom stereocenters. The molecule has 0 radical (unpaired) electrons. The minimum Gasteiger partial charge on any atom is -0.412 e. The molecule has 0 bridgehead atoms. The summed E-state index contributed by atoms with van der Waals surface area (Å²) in [6, 6.07) is 11.5. The standard InChI is InChI=1S/C18H17N3OS2.H2O/c1-12-18(24-16(20-12)14-5-4-10-19-11-14)21(2)17(22)13-6-8-15(23-3)9-7-13;/h4-11H,1-3H3;1H2. The fraction of sp³-hybridized carbons (Fsp3) is 0.167. The maximum Gasteiger partial charge on any atom is 0.258 e. The van der Waals surface area contributed by atoms with Gasteiger partial charge in [-0.05, 0) is 49.6 Å². The van der Waals surface area contributed by atoms with Gasteiger partial charge in [0.1, 0.15) is 10.0 Å². The van der Waals surface area contributed by atoms with Crippen LogP contribution in [-0.2, 0) is 0 Å². The van der Waals surface area contributed by atoms with Crippen molar-refractivity contribution in [3.8, 4) is 10.6 Å². The summed E-state index contributed by atoms with van der Waals surface area (Å²) >= 11 is 3.16. The number of pyridine rings is 1. The first kappa shape index (κ1) is 19.1. The Morgan fingerprint density at radius 1 is 1.20 bits per heavy atom. The lowest BCUT2D eigenvalue weighted by Gasteiger charge is -2.15. The topological polar surface area (TPSA) is 77.6 Å². The van der Waals surface area contributed by atoms with Crippen LogP contribution in [0.2, 0.25) is 0 Å². The van der Waals surface area contributed by atoms with Crippen LogP contribution in [0.15, 0.2) is 53.7 Å². The van der Waals surface area contributed by atoms with E-state index in [9.17, 15) is 4.79 Å². The lowest BCUT2D eigenvalue weighted by Crippen LogP contribution is -2.25. The fourth-order valence-corrected chi connectivity index (χ4v) is 3.76. The summed E-state index contributed by atoms with van der Waals surface area (Å²) in [5, 5.41) is 1.72. The maximum atomic E-state index is 12.7. The van der Waals surface area contributed by atoms with E-state index in [1.165, 1.54) is 11.3 Å². The number of hydrogen-bond acceptors (Lipinski definition) is 5. The van der Waals surface area contributed by atoms with E-state index >= 15 is 0 Å². The molecule has 0 fully saturated rings. The number of nitrogens with zero attached hydrogens (tertiary/aromatic N) is 3. The van der Waals surface area contributed by atoms with Gasteiger partial charge in [0.15, 0.2) is 0 Å². The van der Waals surface area contributed by atoms with E-state index in [2.05, 4.69) is 9.97 Å². The number of carbonyl (C=O) groups excluding carboxylic acids is 1. The third kappa shape index (κ3) is 4.07. The monoisotopic (exact) mass is 373 g/mol. The Bertz CT molecular complexity index is 849. The predicted octanol–water partition coefficient (Wildman–Crippen LogP) is 3.69. The molecule has 0 aliphatic carbocycles. The average Bonchev–Trinajstić information content (AvgIpc) is 3.03. The Hall–Kier alpha value is -2.22. The van der Waals surface area contributed by atoms with Crippen LogP contribution >= 0.6 is 23.1 Å². The Balaban J connectivity index is 0.00000225. The number of thioether (sulfide) groups is 1. The molecule has 25 heavy (non-hydrogen) atoms. The van der Waals surface area contributed by atoms with Crippen molar-refractivity contribution in [2.75, 3.05) is 18.2 Å². The van der Waals surface area contributed by atoms with Gasteiger partial charge in [-0.3, -0.25) is 9.78 Å². The second-order valence-corrected chi connectivity index (χ2v) is 7.10. The number of rotatable bonds is 4. The zero-order valence-electron chi connectivity index (χ0n) is 14.2. The molecule has 2 heterocycles. The Kier molecular flexibility index (Phi) is 6.30. The van der Waals surface area contributed by atoms with E-state index in [0.717, 1.165) is 26.2 Å². The molecule has 2 N–H and O–H groups in total. The molecule has 0 atom stereocenters. The van der Waals surface area contributed by atoms with Crippen LogP contribution in [0, 0.1) is 6.92 Å². The minimum absolute atomic E-state index is 0. The number of anilines is 1. The highest BCUT2D eigenvalue weighted by atomic mass is 32.2. The van der Waals surface area contributed by atoms with E-state index in [1.54, 1.807) is 36.1 Å². The molecular formula is C18H19N3O2S2. The van der Waals surface area contributed by atoms with Crippen molar-refractivity contribution < 1.29 is 10.3 Å². The molecule has 7 heteroatoms. The van der Waals surface area contributed by atoms with E-state index in [-0.39, 0.29) is 11.4 Å². The Labute approximate surface area is 155 Å². The Morgan fingerprint density at radius 2 is 1.92 bits per heavy atom. The number of aryl methyl sites for hydroxylation is 1. The molecule has 3 rings (SSSR count). The molecular weight excluding hydrogens is 354 g/mol. The molecule has 3 aromatic rings. The van der Waals surface area contributed by atoms with Crippen LogP contribution in [0.25, 0.3) is 10.6 Å². The molecule has 1 amide bonds. The number of amides is 1. The maximum absolute atomic E-state index is 12.7. The molecule has 1 aromatic carbocycles. The van der Waals surface area contributed by atoms with E-state index in [4.69, 9.17) is 0 Å². The van der Waals surface area contributed by atoms with Gasteiger partial charge in [-0.25, -0.2) is 4.98 Å². The normalized spacial score (nSPS) is 10.2. The lowest BCUT2D eigenvalue weighted by molar-refractivity contribution is 0.0993. The second kappa shape index (κ2) is 8.24. The summed E-state index contributed by atoms with van der Waals surface area (Å²) in [4.78, 5) is 24.3. The van der Waals surface area contributed by atoms with Gasteiger partial charge in [0.2, 0.25) is 0 Å². The van der Waals surface area contributed by atoms with Gasteiger partial charge in [-0.15, -0.1) is 11.8 Å². The predicted molar refractivity (Wildman–Crippen MR) is 105 cm³/mol. The van der Waals surface area contributed by atoms with Crippen LogP contribution < -0.4 is 4.90 Å². The van der Waals surface area contributed by atoms with Gasteiger partial charge < -0.3 is 10.4 Å². The van der Waals surface area contributed by atoms with Crippen LogP contribution in [-0.4, -0.2) is 34.7 Å². The summed E-state index contributed by atoms with van der Waals surface area (Å²) < 4.78 is 0. The van der Waals surface area contributed by atoms with Crippen molar-refractivity contribution in [2.24, 2.45) is 0 Å². The van der Waals surface area contributed by atoms with Crippen molar-refractivity contribution >= 4 is 34.0 Å². The first-order valence-corrected chi connectivity index (χ1v) is 9.44. The minimum atomic E-state index is -0.0351. The largest absolute Gasteiger partial charge is 0.412 e. The molecule has 0 saturated carbocycles. The van der Waals surface area contributed by atoms with Gasteiger partial charge in [0, 0.05) is 35.5 Å². The van der Waals surface area contributed by atoms with Crippen molar-refractivity contribution in [2.45, 2.75) is 11.8 Å². The molecule has 0 aliphatic heterocycles. The second-order valence-electron chi connectivity index (χ2n) is 5.24. The first-order chi connectivity index (χ1) is 11.6. The molecule has 0 saturated heterocycles. The third-order valence-corrected chi connectivity index (χ3v) is 5.65. The zero-order valence-corrected chi connectivity index (χ0v) is 15.8. The van der Waals surface area contributed by atoms with Gasteiger partial charge >= 0.3 is 0 Å². The number of thiazole rings is 1. The highest BCUT2D eigenvalue weighted by Gasteiger charge is 2.19. The third-order valence-electron chi connectivity index (χ3n) is 3.63. The molecule has 5 nitrogen and oxygen atoms in total. The van der Waals surface area contributed by atoms with Crippen molar-refractivity contribution in [1.82, 2.24) is 9.97 Å². The number of carbonyl (C=O) groups is 1. The van der Waals surface area contributed by atoms with Crippen LogP contribution in [0.3, 0.4) is 0 Å².